The summed E-state index contributed by atoms with van der Waals surface area (Å²) in [6.07, 6.45) is 2.10. The van der Waals surface area contributed by atoms with E-state index >= 15 is 0 Å². The number of benzene rings is 1. The van der Waals surface area contributed by atoms with Gasteiger partial charge in [-0.05, 0) is 24.1 Å². The smallest absolute Gasteiger partial charge is 0.296 e. The fraction of sp³-hybridized carbons (Fsp3) is 0.231. The van der Waals surface area contributed by atoms with Gasteiger partial charge in [-0.15, -0.1) is 0 Å². The molecule has 0 radical (unpaired) electrons. The van der Waals surface area contributed by atoms with E-state index in [0.29, 0.717) is 18.5 Å². The van der Waals surface area contributed by atoms with Crippen molar-refractivity contribution in [2.75, 3.05) is 0 Å². The number of rotatable bonds is 3. The lowest BCUT2D eigenvalue weighted by Crippen LogP contribution is -2.31. The van der Waals surface area contributed by atoms with Gasteiger partial charge in [0, 0.05) is 11.8 Å². The molecule has 0 spiro atoms. The van der Waals surface area contributed by atoms with Crippen LogP contribution in [0.5, 0.6) is 0 Å². The van der Waals surface area contributed by atoms with Gasteiger partial charge in [0.15, 0.2) is 0 Å². The van der Waals surface area contributed by atoms with E-state index in [4.69, 9.17) is 0 Å². The summed E-state index contributed by atoms with van der Waals surface area (Å²) in [5, 5.41) is 0. The summed E-state index contributed by atoms with van der Waals surface area (Å²) >= 11 is 0. The lowest BCUT2D eigenvalue weighted by molar-refractivity contribution is 0.625. The normalized spacial score (nSPS) is 10.6. The van der Waals surface area contributed by atoms with E-state index < -0.39 is 5.69 Å². The molecule has 2 rings (SSSR count). The van der Waals surface area contributed by atoms with Gasteiger partial charge in [-0.2, -0.15) is 0 Å². The van der Waals surface area contributed by atoms with E-state index in [2.05, 4.69) is 4.98 Å². The maximum Gasteiger partial charge on any atom is 0.328 e. The van der Waals surface area contributed by atoms with E-state index in [9.17, 15) is 14.0 Å². The topological polar surface area (TPSA) is 54.9 Å². The second-order valence-corrected chi connectivity index (χ2v) is 4.02. The van der Waals surface area contributed by atoms with Crippen LogP contribution in [0.4, 0.5) is 4.39 Å². The number of halogens is 1. The SMILES string of the molecule is CCc1cn(Cc2ccc(F)cc2)c(=O)[nH]c1=O. The fourth-order valence-electron chi connectivity index (χ4n) is 1.71. The summed E-state index contributed by atoms with van der Waals surface area (Å²) in [4.78, 5) is 25.3. The number of aryl methyl sites for hydroxylation is 1. The summed E-state index contributed by atoms with van der Waals surface area (Å²) < 4.78 is 14.2. The first kappa shape index (κ1) is 12.3. The molecule has 0 atom stereocenters. The van der Waals surface area contributed by atoms with Crippen LogP contribution >= 0.6 is 0 Å². The minimum atomic E-state index is -0.457. The van der Waals surface area contributed by atoms with Crippen molar-refractivity contribution in [2.45, 2.75) is 19.9 Å². The lowest BCUT2D eigenvalue weighted by atomic mass is 10.2. The van der Waals surface area contributed by atoms with Crippen molar-refractivity contribution in [3.05, 3.63) is 68.2 Å². The van der Waals surface area contributed by atoms with Crippen molar-refractivity contribution >= 4 is 0 Å². The van der Waals surface area contributed by atoms with Crippen LogP contribution in [-0.2, 0) is 13.0 Å². The maximum atomic E-state index is 12.8. The highest BCUT2D eigenvalue weighted by Crippen LogP contribution is 2.04. The summed E-state index contributed by atoms with van der Waals surface area (Å²) in [6.45, 7) is 2.15. The Kier molecular flexibility index (Phi) is 3.41. The molecule has 4 nitrogen and oxygen atoms in total. The molecule has 0 saturated carbocycles. The molecule has 0 amide bonds. The first-order chi connectivity index (χ1) is 8.60. The van der Waals surface area contributed by atoms with Crippen molar-refractivity contribution in [3.63, 3.8) is 0 Å². The van der Waals surface area contributed by atoms with Gasteiger partial charge in [0.2, 0.25) is 0 Å². The Bertz CT molecular complexity index is 656. The minimum Gasteiger partial charge on any atom is -0.296 e. The Hall–Kier alpha value is -2.17. The van der Waals surface area contributed by atoms with Crippen molar-refractivity contribution in [1.29, 1.82) is 0 Å². The first-order valence-corrected chi connectivity index (χ1v) is 5.67. The van der Waals surface area contributed by atoms with Crippen LogP contribution in [-0.4, -0.2) is 9.55 Å². The number of hydrogen-bond acceptors (Lipinski definition) is 2. The number of hydrogen-bond donors (Lipinski definition) is 1. The molecule has 1 aromatic heterocycles. The summed E-state index contributed by atoms with van der Waals surface area (Å²) in [5.41, 5.74) is 0.545. The first-order valence-electron chi connectivity index (χ1n) is 5.67. The van der Waals surface area contributed by atoms with Crippen LogP contribution < -0.4 is 11.2 Å². The molecule has 0 unspecified atom stereocenters. The zero-order valence-electron chi connectivity index (χ0n) is 9.94. The van der Waals surface area contributed by atoms with Gasteiger partial charge in [0.1, 0.15) is 5.82 Å². The van der Waals surface area contributed by atoms with Gasteiger partial charge >= 0.3 is 5.69 Å². The molecule has 0 fully saturated rings. The largest absolute Gasteiger partial charge is 0.328 e. The molecule has 0 aliphatic carbocycles. The number of nitrogens with one attached hydrogen (secondary N) is 1. The molecule has 1 aromatic carbocycles. The Labute approximate surface area is 103 Å². The lowest BCUT2D eigenvalue weighted by Gasteiger charge is -2.06. The van der Waals surface area contributed by atoms with E-state index in [0.717, 1.165) is 5.56 Å². The monoisotopic (exact) mass is 248 g/mol. The number of aromatic nitrogens is 2. The molecular formula is C13H13FN2O2. The average Bonchev–Trinajstić information content (AvgIpc) is 2.35. The summed E-state index contributed by atoms with van der Waals surface area (Å²) in [5.74, 6) is -0.318. The van der Waals surface area contributed by atoms with E-state index in [-0.39, 0.29) is 11.4 Å². The van der Waals surface area contributed by atoms with Crippen molar-refractivity contribution < 1.29 is 4.39 Å². The number of nitrogens with zero attached hydrogens (tertiary/aromatic N) is 1. The Balaban J connectivity index is 2.37. The minimum absolute atomic E-state index is 0.308. The zero-order chi connectivity index (χ0) is 13.1. The van der Waals surface area contributed by atoms with Crippen LogP contribution in [0, 0.1) is 5.82 Å². The molecule has 0 aliphatic heterocycles. The molecule has 0 bridgehead atoms. The highest BCUT2D eigenvalue weighted by atomic mass is 19.1. The molecule has 0 saturated heterocycles. The second kappa shape index (κ2) is 5.00. The van der Waals surface area contributed by atoms with Crippen molar-refractivity contribution in [1.82, 2.24) is 9.55 Å². The number of H-pyrrole nitrogens is 1. The Morgan fingerprint density at radius 1 is 1.22 bits per heavy atom. The average molecular weight is 248 g/mol. The van der Waals surface area contributed by atoms with Gasteiger partial charge in [-0.25, -0.2) is 9.18 Å². The van der Waals surface area contributed by atoms with E-state index in [1.54, 1.807) is 18.3 Å². The third kappa shape index (κ3) is 2.56. The standard InChI is InChI=1S/C13H13FN2O2/c1-2-10-8-16(13(18)15-12(10)17)7-9-3-5-11(14)6-4-9/h3-6,8H,2,7H2,1H3,(H,15,17,18). The molecule has 0 aliphatic rings. The Morgan fingerprint density at radius 2 is 1.89 bits per heavy atom. The van der Waals surface area contributed by atoms with E-state index in [1.807, 2.05) is 6.92 Å². The molecule has 1 N–H and O–H groups in total. The highest BCUT2D eigenvalue weighted by Gasteiger charge is 2.03. The molecule has 94 valence electrons. The summed E-state index contributed by atoms with van der Waals surface area (Å²) in [7, 11) is 0. The number of aromatic amines is 1. The van der Waals surface area contributed by atoms with Crippen LogP contribution in [0.2, 0.25) is 0 Å². The van der Waals surface area contributed by atoms with Gasteiger partial charge in [-0.3, -0.25) is 14.3 Å². The van der Waals surface area contributed by atoms with Crippen LogP contribution in [0.1, 0.15) is 18.1 Å². The molecular weight excluding hydrogens is 235 g/mol. The molecule has 2 aromatic rings. The highest BCUT2D eigenvalue weighted by molar-refractivity contribution is 5.17. The van der Waals surface area contributed by atoms with Gasteiger partial charge in [-0.1, -0.05) is 19.1 Å². The molecule has 1 heterocycles. The second-order valence-electron chi connectivity index (χ2n) is 4.02. The predicted molar refractivity (Wildman–Crippen MR) is 66.2 cm³/mol. The van der Waals surface area contributed by atoms with Crippen molar-refractivity contribution in [3.8, 4) is 0 Å². The van der Waals surface area contributed by atoms with Gasteiger partial charge in [0.25, 0.3) is 5.56 Å². The van der Waals surface area contributed by atoms with Crippen molar-refractivity contribution in [2.24, 2.45) is 0 Å². The van der Waals surface area contributed by atoms with Gasteiger partial charge < -0.3 is 0 Å². The molecule has 18 heavy (non-hydrogen) atoms. The zero-order valence-corrected chi connectivity index (χ0v) is 9.94. The van der Waals surface area contributed by atoms with Crippen LogP contribution in [0.15, 0.2) is 40.1 Å². The Morgan fingerprint density at radius 3 is 2.50 bits per heavy atom. The van der Waals surface area contributed by atoms with E-state index in [1.165, 1.54) is 16.7 Å². The third-order valence-corrected chi connectivity index (χ3v) is 2.73. The van der Waals surface area contributed by atoms with Crippen LogP contribution in [0.25, 0.3) is 0 Å². The molecule has 5 heteroatoms. The third-order valence-electron chi connectivity index (χ3n) is 2.73. The maximum absolute atomic E-state index is 12.8. The quantitative estimate of drug-likeness (QED) is 0.889. The predicted octanol–water partition coefficient (Wildman–Crippen LogP) is 1.29. The van der Waals surface area contributed by atoms with Gasteiger partial charge in [0.05, 0.1) is 6.54 Å². The summed E-state index contributed by atoms with van der Waals surface area (Å²) in [6, 6.07) is 5.90. The van der Waals surface area contributed by atoms with Crippen LogP contribution in [0.3, 0.4) is 0 Å². The fourth-order valence-corrected chi connectivity index (χ4v) is 1.71.